The minimum absolute atomic E-state index is 0.0866. The van der Waals surface area contributed by atoms with E-state index in [0.29, 0.717) is 25.1 Å². The Hall–Kier alpha value is -1.24. The van der Waals surface area contributed by atoms with Gasteiger partial charge >= 0.3 is 0 Å². The van der Waals surface area contributed by atoms with Crippen LogP contribution in [0.1, 0.15) is 30.7 Å². The van der Waals surface area contributed by atoms with Gasteiger partial charge in [0, 0.05) is 24.6 Å². The Labute approximate surface area is 147 Å². The SMILES string of the molecule is COCCn1cnc2sc3c(c2c1=O)CCC(N(C)CC(C)C)C3. The van der Waals surface area contributed by atoms with Crippen molar-refractivity contribution in [3.63, 3.8) is 0 Å². The monoisotopic (exact) mass is 349 g/mol. The minimum atomic E-state index is 0.0866. The first-order chi connectivity index (χ1) is 11.5. The number of thiophene rings is 1. The molecule has 2 heterocycles. The molecule has 0 bridgehead atoms. The van der Waals surface area contributed by atoms with E-state index in [1.54, 1.807) is 29.3 Å². The average Bonchev–Trinajstić information content (AvgIpc) is 2.91. The van der Waals surface area contributed by atoms with E-state index in [1.165, 1.54) is 10.4 Å². The van der Waals surface area contributed by atoms with Gasteiger partial charge in [-0.05, 0) is 37.8 Å². The van der Waals surface area contributed by atoms with Crippen molar-refractivity contribution < 1.29 is 4.74 Å². The Morgan fingerprint density at radius 1 is 1.50 bits per heavy atom. The largest absolute Gasteiger partial charge is 0.383 e. The number of ether oxygens (including phenoxy) is 1. The fourth-order valence-corrected chi connectivity index (χ4v) is 4.88. The number of aryl methyl sites for hydroxylation is 1. The molecule has 2 aromatic rings. The molecule has 2 aromatic heterocycles. The van der Waals surface area contributed by atoms with Crippen molar-refractivity contribution in [1.82, 2.24) is 14.5 Å². The standard InChI is InChI=1S/C18H27N3O2S/c1-12(2)10-20(3)13-5-6-14-15(9-13)24-17-16(14)18(22)21(11-19-17)7-8-23-4/h11-13H,5-10H2,1-4H3. The molecule has 0 saturated carbocycles. The molecule has 3 rings (SSSR count). The van der Waals surface area contributed by atoms with Gasteiger partial charge in [0.05, 0.1) is 24.9 Å². The van der Waals surface area contributed by atoms with Gasteiger partial charge in [-0.1, -0.05) is 13.8 Å². The van der Waals surface area contributed by atoms with E-state index < -0.39 is 0 Å². The van der Waals surface area contributed by atoms with Gasteiger partial charge < -0.3 is 9.64 Å². The molecule has 0 saturated heterocycles. The summed E-state index contributed by atoms with van der Waals surface area (Å²) in [6.45, 7) is 6.73. The molecular weight excluding hydrogens is 322 g/mol. The highest BCUT2D eigenvalue weighted by Crippen LogP contribution is 2.34. The molecule has 0 radical (unpaired) electrons. The highest BCUT2D eigenvalue weighted by molar-refractivity contribution is 7.18. The Kier molecular flexibility index (Phi) is 5.37. The lowest BCUT2D eigenvalue weighted by Crippen LogP contribution is -2.38. The van der Waals surface area contributed by atoms with Gasteiger partial charge in [-0.3, -0.25) is 9.36 Å². The Balaban J connectivity index is 1.90. The highest BCUT2D eigenvalue weighted by Gasteiger charge is 2.27. The summed E-state index contributed by atoms with van der Waals surface area (Å²) in [6.07, 6.45) is 4.80. The van der Waals surface area contributed by atoms with Gasteiger partial charge in [0.15, 0.2) is 0 Å². The first kappa shape index (κ1) is 17.6. The number of hydrogen-bond donors (Lipinski definition) is 0. The van der Waals surface area contributed by atoms with Gasteiger partial charge in [-0.2, -0.15) is 0 Å². The van der Waals surface area contributed by atoms with Crippen LogP contribution in [0, 0.1) is 5.92 Å². The number of fused-ring (bicyclic) bond motifs is 3. The van der Waals surface area contributed by atoms with Gasteiger partial charge in [-0.15, -0.1) is 11.3 Å². The smallest absolute Gasteiger partial charge is 0.262 e. The number of nitrogens with zero attached hydrogens (tertiary/aromatic N) is 3. The second kappa shape index (κ2) is 7.33. The van der Waals surface area contributed by atoms with Gasteiger partial charge in [0.1, 0.15) is 4.83 Å². The molecule has 0 aromatic carbocycles. The third-order valence-electron chi connectivity index (χ3n) is 4.82. The van der Waals surface area contributed by atoms with Crippen LogP contribution in [0.25, 0.3) is 10.2 Å². The van der Waals surface area contributed by atoms with Crippen LogP contribution in [0.15, 0.2) is 11.1 Å². The zero-order chi connectivity index (χ0) is 17.3. The van der Waals surface area contributed by atoms with E-state index in [2.05, 4.69) is 30.8 Å². The van der Waals surface area contributed by atoms with E-state index in [0.717, 1.165) is 36.0 Å². The van der Waals surface area contributed by atoms with Crippen LogP contribution in [0.2, 0.25) is 0 Å². The van der Waals surface area contributed by atoms with Crippen molar-refractivity contribution in [1.29, 1.82) is 0 Å². The molecule has 24 heavy (non-hydrogen) atoms. The van der Waals surface area contributed by atoms with Crippen molar-refractivity contribution in [2.45, 2.75) is 45.7 Å². The van der Waals surface area contributed by atoms with E-state index in [-0.39, 0.29) is 5.56 Å². The number of methoxy groups -OCH3 is 1. The molecule has 0 fully saturated rings. The molecule has 0 amide bonds. The third-order valence-corrected chi connectivity index (χ3v) is 5.98. The van der Waals surface area contributed by atoms with E-state index >= 15 is 0 Å². The summed E-state index contributed by atoms with van der Waals surface area (Å²) < 4.78 is 6.76. The van der Waals surface area contributed by atoms with Crippen LogP contribution in [0.5, 0.6) is 0 Å². The molecule has 0 aliphatic heterocycles. The Morgan fingerprint density at radius 2 is 2.29 bits per heavy atom. The average molecular weight is 350 g/mol. The molecular formula is C18H27N3O2S. The lowest BCUT2D eigenvalue weighted by molar-refractivity contribution is 0.186. The molecule has 0 N–H and O–H groups in total. The fourth-order valence-electron chi connectivity index (χ4n) is 3.63. The predicted octanol–water partition coefficient (Wildman–Crippen LogP) is 2.55. The lowest BCUT2D eigenvalue weighted by atomic mass is 9.92. The van der Waals surface area contributed by atoms with E-state index in [9.17, 15) is 4.79 Å². The van der Waals surface area contributed by atoms with Crippen molar-refractivity contribution in [2.75, 3.05) is 27.3 Å². The van der Waals surface area contributed by atoms with E-state index in [1.807, 2.05) is 0 Å². The van der Waals surface area contributed by atoms with Crippen molar-refractivity contribution in [3.8, 4) is 0 Å². The molecule has 6 heteroatoms. The van der Waals surface area contributed by atoms with Gasteiger partial charge in [0.25, 0.3) is 5.56 Å². The Morgan fingerprint density at radius 3 is 3.00 bits per heavy atom. The summed E-state index contributed by atoms with van der Waals surface area (Å²) in [4.78, 5) is 22.0. The summed E-state index contributed by atoms with van der Waals surface area (Å²) in [5.74, 6) is 0.674. The summed E-state index contributed by atoms with van der Waals surface area (Å²) in [6, 6.07) is 0.573. The van der Waals surface area contributed by atoms with Gasteiger partial charge in [0.2, 0.25) is 0 Å². The predicted molar refractivity (Wildman–Crippen MR) is 99.0 cm³/mol. The van der Waals surface area contributed by atoms with Crippen LogP contribution in [-0.2, 0) is 24.1 Å². The maximum absolute atomic E-state index is 12.8. The number of aromatic nitrogens is 2. The van der Waals surface area contributed by atoms with Crippen molar-refractivity contribution in [2.24, 2.45) is 5.92 Å². The summed E-state index contributed by atoms with van der Waals surface area (Å²) in [5.41, 5.74) is 1.33. The number of likely N-dealkylation sites (N-methyl/N-ethyl adjacent to an activating group) is 1. The maximum atomic E-state index is 12.8. The molecule has 1 aliphatic carbocycles. The van der Waals surface area contributed by atoms with Crippen LogP contribution in [-0.4, -0.2) is 47.8 Å². The van der Waals surface area contributed by atoms with Crippen LogP contribution in [0.3, 0.4) is 0 Å². The van der Waals surface area contributed by atoms with E-state index in [4.69, 9.17) is 4.74 Å². The highest BCUT2D eigenvalue weighted by atomic mass is 32.1. The summed E-state index contributed by atoms with van der Waals surface area (Å²) in [5, 5.41) is 0.846. The van der Waals surface area contributed by atoms with Crippen LogP contribution >= 0.6 is 11.3 Å². The minimum Gasteiger partial charge on any atom is -0.383 e. The Bertz CT molecular complexity index is 765. The number of hydrogen-bond acceptors (Lipinski definition) is 5. The zero-order valence-electron chi connectivity index (χ0n) is 15.0. The first-order valence-electron chi connectivity index (χ1n) is 8.70. The molecule has 0 spiro atoms. The molecule has 1 atom stereocenters. The maximum Gasteiger partial charge on any atom is 0.262 e. The van der Waals surface area contributed by atoms with Gasteiger partial charge in [-0.25, -0.2) is 4.98 Å². The fraction of sp³-hybridized carbons (Fsp3) is 0.667. The lowest BCUT2D eigenvalue weighted by Gasteiger charge is -2.32. The van der Waals surface area contributed by atoms with Crippen LogP contribution in [0.4, 0.5) is 0 Å². The zero-order valence-corrected chi connectivity index (χ0v) is 15.9. The van der Waals surface area contributed by atoms with Crippen LogP contribution < -0.4 is 5.56 Å². The molecule has 132 valence electrons. The summed E-state index contributed by atoms with van der Waals surface area (Å²) >= 11 is 1.70. The second-order valence-corrected chi connectivity index (χ2v) is 8.23. The van der Waals surface area contributed by atoms with Crippen molar-refractivity contribution in [3.05, 3.63) is 27.1 Å². The third kappa shape index (κ3) is 3.41. The summed E-state index contributed by atoms with van der Waals surface area (Å²) in [7, 11) is 3.87. The normalized spacial score (nSPS) is 17.8. The molecule has 1 unspecified atom stereocenters. The molecule has 5 nitrogen and oxygen atoms in total. The number of rotatable bonds is 6. The first-order valence-corrected chi connectivity index (χ1v) is 9.51. The quantitative estimate of drug-likeness (QED) is 0.804. The van der Waals surface area contributed by atoms with Crippen molar-refractivity contribution >= 4 is 21.6 Å². The topological polar surface area (TPSA) is 47.4 Å². The molecule has 1 aliphatic rings. The second-order valence-electron chi connectivity index (χ2n) is 7.15.